The molecule has 0 aliphatic carbocycles. The molecule has 1 N–H and O–H groups in total. The average molecular weight is 356 g/mol. The van der Waals surface area contributed by atoms with E-state index in [1.807, 2.05) is 0 Å². The number of aryl methyl sites for hydroxylation is 2. The maximum atomic E-state index is 12.4. The average Bonchev–Trinajstić information content (AvgIpc) is 3.21. The molecule has 1 saturated heterocycles. The number of aromatic nitrogens is 4. The Hall–Kier alpha value is -2.48. The second-order valence-corrected chi connectivity index (χ2v) is 7.27. The van der Waals surface area contributed by atoms with E-state index in [1.54, 1.807) is 41.7 Å². The van der Waals surface area contributed by atoms with E-state index >= 15 is 0 Å². The van der Waals surface area contributed by atoms with Gasteiger partial charge in [-0.3, -0.25) is 9.48 Å². The van der Waals surface area contributed by atoms with Crippen LogP contribution in [-0.2, 0) is 7.05 Å². The number of hydrogen-bond donors (Lipinski definition) is 1. The monoisotopic (exact) mass is 356 g/mol. The maximum Gasteiger partial charge on any atom is 0.269 e. The highest BCUT2D eigenvalue weighted by Gasteiger charge is 2.25. The summed E-state index contributed by atoms with van der Waals surface area (Å²) in [4.78, 5) is 23.6. The standard InChI is InChI=1S/C17H20N6OS/c1-11-9-25-15-14(11)18-10-19-16(15)23-7-3-4-12(8-23)21-17(24)13-5-6-20-22(13)2/h5-6,9-10,12H,3-4,7-8H2,1-2H3,(H,21,24). The molecular weight excluding hydrogens is 336 g/mol. The summed E-state index contributed by atoms with van der Waals surface area (Å²) in [7, 11) is 1.78. The van der Waals surface area contributed by atoms with Crippen molar-refractivity contribution in [3.63, 3.8) is 0 Å². The predicted octanol–water partition coefficient (Wildman–Crippen LogP) is 2.13. The van der Waals surface area contributed by atoms with Crippen molar-refractivity contribution in [3.8, 4) is 0 Å². The SMILES string of the molecule is Cc1csc2c(N3CCCC(NC(=O)c4ccnn4C)C3)ncnc12. The van der Waals surface area contributed by atoms with Crippen LogP contribution >= 0.6 is 11.3 Å². The van der Waals surface area contributed by atoms with E-state index < -0.39 is 0 Å². The highest BCUT2D eigenvalue weighted by molar-refractivity contribution is 7.18. The second kappa shape index (κ2) is 6.44. The molecule has 8 heteroatoms. The minimum Gasteiger partial charge on any atom is -0.353 e. The fourth-order valence-corrected chi connectivity index (χ4v) is 4.34. The van der Waals surface area contributed by atoms with Gasteiger partial charge in [-0.2, -0.15) is 5.10 Å². The highest BCUT2D eigenvalue weighted by atomic mass is 32.1. The van der Waals surface area contributed by atoms with Crippen molar-refractivity contribution in [2.24, 2.45) is 7.05 Å². The third-order valence-electron chi connectivity index (χ3n) is 4.62. The van der Waals surface area contributed by atoms with Gasteiger partial charge in [0.25, 0.3) is 5.91 Å². The third-order valence-corrected chi connectivity index (χ3v) is 5.70. The number of thiophene rings is 1. The number of amides is 1. The lowest BCUT2D eigenvalue weighted by Gasteiger charge is -2.34. The number of fused-ring (bicyclic) bond motifs is 1. The summed E-state index contributed by atoms with van der Waals surface area (Å²) < 4.78 is 2.72. The summed E-state index contributed by atoms with van der Waals surface area (Å²) in [6.45, 7) is 3.77. The smallest absolute Gasteiger partial charge is 0.269 e. The van der Waals surface area contributed by atoms with Crippen molar-refractivity contribution >= 4 is 33.3 Å². The van der Waals surface area contributed by atoms with Crippen molar-refractivity contribution in [3.05, 3.63) is 35.2 Å². The molecule has 7 nitrogen and oxygen atoms in total. The van der Waals surface area contributed by atoms with E-state index in [2.05, 4.69) is 37.6 Å². The van der Waals surface area contributed by atoms with Crippen LogP contribution in [0.3, 0.4) is 0 Å². The van der Waals surface area contributed by atoms with Gasteiger partial charge in [-0.25, -0.2) is 9.97 Å². The molecule has 3 aromatic heterocycles. The van der Waals surface area contributed by atoms with Crippen LogP contribution in [-0.4, -0.2) is 44.8 Å². The van der Waals surface area contributed by atoms with Gasteiger partial charge < -0.3 is 10.2 Å². The number of anilines is 1. The molecule has 0 radical (unpaired) electrons. The molecule has 130 valence electrons. The fraction of sp³-hybridized carbons (Fsp3) is 0.412. The van der Waals surface area contributed by atoms with Crippen LogP contribution in [0.1, 0.15) is 28.9 Å². The molecule has 0 aromatic carbocycles. The van der Waals surface area contributed by atoms with Crippen molar-refractivity contribution in [1.82, 2.24) is 25.1 Å². The Bertz CT molecular complexity index is 917. The summed E-state index contributed by atoms with van der Waals surface area (Å²) in [6.07, 6.45) is 5.26. The van der Waals surface area contributed by atoms with Gasteiger partial charge in [0.2, 0.25) is 0 Å². The minimum absolute atomic E-state index is 0.0772. The molecule has 1 atom stereocenters. The molecule has 1 aliphatic heterocycles. The van der Waals surface area contributed by atoms with Gasteiger partial charge in [0.15, 0.2) is 0 Å². The lowest BCUT2D eigenvalue weighted by molar-refractivity contribution is 0.0923. The second-order valence-electron chi connectivity index (χ2n) is 6.39. The Morgan fingerprint density at radius 2 is 2.28 bits per heavy atom. The molecule has 1 unspecified atom stereocenters. The normalized spacial score (nSPS) is 17.8. The first kappa shape index (κ1) is 16.0. The minimum atomic E-state index is -0.0772. The molecule has 0 bridgehead atoms. The van der Waals surface area contributed by atoms with E-state index in [1.165, 1.54) is 5.56 Å². The van der Waals surface area contributed by atoms with Crippen LogP contribution in [0, 0.1) is 6.92 Å². The molecule has 0 spiro atoms. The summed E-state index contributed by atoms with van der Waals surface area (Å²) in [5.74, 6) is 0.897. The van der Waals surface area contributed by atoms with Crippen molar-refractivity contribution in [2.75, 3.05) is 18.0 Å². The molecular formula is C17H20N6OS. The Morgan fingerprint density at radius 3 is 3.08 bits per heavy atom. The summed E-state index contributed by atoms with van der Waals surface area (Å²) >= 11 is 1.68. The van der Waals surface area contributed by atoms with E-state index in [0.717, 1.165) is 42.0 Å². The van der Waals surface area contributed by atoms with Gasteiger partial charge in [0, 0.05) is 32.4 Å². The Kier molecular flexibility index (Phi) is 4.12. The Morgan fingerprint density at radius 1 is 1.40 bits per heavy atom. The van der Waals surface area contributed by atoms with Gasteiger partial charge in [0.1, 0.15) is 17.8 Å². The highest BCUT2D eigenvalue weighted by Crippen LogP contribution is 2.32. The summed E-state index contributed by atoms with van der Waals surface area (Å²) in [6, 6.07) is 1.83. The van der Waals surface area contributed by atoms with Crippen LogP contribution in [0.5, 0.6) is 0 Å². The van der Waals surface area contributed by atoms with Gasteiger partial charge >= 0.3 is 0 Å². The molecule has 1 fully saturated rings. The van der Waals surface area contributed by atoms with E-state index in [-0.39, 0.29) is 11.9 Å². The van der Waals surface area contributed by atoms with Gasteiger partial charge in [-0.15, -0.1) is 11.3 Å². The molecule has 4 rings (SSSR count). The zero-order valence-electron chi connectivity index (χ0n) is 14.3. The van der Waals surface area contributed by atoms with Gasteiger partial charge in [0.05, 0.1) is 10.2 Å². The van der Waals surface area contributed by atoms with Crippen LogP contribution in [0.2, 0.25) is 0 Å². The number of piperidine rings is 1. The summed E-state index contributed by atoms with van der Waals surface area (Å²) in [5, 5.41) is 9.31. The molecule has 1 aliphatic rings. The van der Waals surface area contributed by atoms with E-state index in [4.69, 9.17) is 0 Å². The van der Waals surface area contributed by atoms with Gasteiger partial charge in [-0.05, 0) is 36.8 Å². The maximum absolute atomic E-state index is 12.4. The molecule has 25 heavy (non-hydrogen) atoms. The van der Waals surface area contributed by atoms with Crippen molar-refractivity contribution in [1.29, 1.82) is 0 Å². The fourth-order valence-electron chi connectivity index (χ4n) is 3.33. The molecule has 0 saturated carbocycles. The Balaban J connectivity index is 1.53. The quantitative estimate of drug-likeness (QED) is 0.778. The van der Waals surface area contributed by atoms with E-state index in [9.17, 15) is 4.79 Å². The lowest BCUT2D eigenvalue weighted by atomic mass is 10.1. The lowest BCUT2D eigenvalue weighted by Crippen LogP contribution is -2.48. The van der Waals surface area contributed by atoms with Crippen LogP contribution in [0.15, 0.2) is 24.0 Å². The number of carbonyl (C=O) groups is 1. The molecule has 3 aromatic rings. The van der Waals surface area contributed by atoms with Crippen molar-refractivity contribution < 1.29 is 4.79 Å². The third kappa shape index (κ3) is 2.97. The molecule has 1 amide bonds. The number of rotatable bonds is 3. The first-order valence-corrected chi connectivity index (χ1v) is 9.24. The largest absolute Gasteiger partial charge is 0.353 e. The number of nitrogens with zero attached hydrogens (tertiary/aromatic N) is 5. The number of hydrogen-bond acceptors (Lipinski definition) is 6. The summed E-state index contributed by atoms with van der Waals surface area (Å²) in [5.41, 5.74) is 2.79. The molecule has 4 heterocycles. The zero-order valence-corrected chi connectivity index (χ0v) is 15.1. The topological polar surface area (TPSA) is 75.9 Å². The van der Waals surface area contributed by atoms with Crippen LogP contribution in [0.4, 0.5) is 5.82 Å². The first-order chi connectivity index (χ1) is 12.1. The van der Waals surface area contributed by atoms with Crippen LogP contribution in [0.25, 0.3) is 10.2 Å². The predicted molar refractivity (Wildman–Crippen MR) is 98.1 cm³/mol. The Labute approximate surface area is 149 Å². The first-order valence-electron chi connectivity index (χ1n) is 8.36. The van der Waals surface area contributed by atoms with Gasteiger partial charge in [-0.1, -0.05) is 0 Å². The number of nitrogens with one attached hydrogen (secondary N) is 1. The van der Waals surface area contributed by atoms with E-state index in [0.29, 0.717) is 5.69 Å². The number of carbonyl (C=O) groups excluding carboxylic acids is 1. The zero-order chi connectivity index (χ0) is 17.4. The van der Waals surface area contributed by atoms with Crippen molar-refractivity contribution in [2.45, 2.75) is 25.8 Å². The van der Waals surface area contributed by atoms with Crippen LogP contribution < -0.4 is 10.2 Å².